The van der Waals surface area contributed by atoms with Crippen molar-refractivity contribution >= 4 is 39.5 Å². The number of carbonyl (C=O) groups excluding carboxylic acids is 4. The number of phosphoric acid groups is 2. The van der Waals surface area contributed by atoms with Gasteiger partial charge < -0.3 is 33.8 Å². The predicted molar refractivity (Wildman–Crippen MR) is 335 cm³/mol. The van der Waals surface area contributed by atoms with Gasteiger partial charge in [-0.1, -0.05) is 273 Å². The van der Waals surface area contributed by atoms with E-state index in [0.717, 1.165) is 96.3 Å². The molecule has 5 atom stereocenters. The van der Waals surface area contributed by atoms with Gasteiger partial charge in [0.1, 0.15) is 19.3 Å². The number of aliphatic hydroxyl groups excluding tert-OH is 1. The van der Waals surface area contributed by atoms with Crippen LogP contribution < -0.4 is 0 Å². The van der Waals surface area contributed by atoms with Crippen LogP contribution in [0.15, 0.2) is 0 Å². The average molecular weight is 1240 g/mol. The Morgan fingerprint density at radius 1 is 0.321 bits per heavy atom. The minimum Gasteiger partial charge on any atom is -0.462 e. The van der Waals surface area contributed by atoms with Crippen LogP contribution in [0.25, 0.3) is 0 Å². The van der Waals surface area contributed by atoms with Crippen molar-refractivity contribution in [2.45, 2.75) is 342 Å². The van der Waals surface area contributed by atoms with Gasteiger partial charge in [0, 0.05) is 25.7 Å². The Labute approximate surface area is 511 Å². The van der Waals surface area contributed by atoms with E-state index in [4.69, 9.17) is 37.0 Å². The zero-order valence-electron chi connectivity index (χ0n) is 54.2. The third kappa shape index (κ3) is 59.0. The normalized spacial score (nSPS) is 14.3. The fourth-order valence-electron chi connectivity index (χ4n) is 9.71. The van der Waals surface area contributed by atoms with Gasteiger partial charge in [0.25, 0.3) is 0 Å². The summed E-state index contributed by atoms with van der Waals surface area (Å²) in [5, 5.41) is 10.5. The molecule has 0 aliphatic heterocycles. The number of rotatable bonds is 64. The van der Waals surface area contributed by atoms with E-state index in [1.54, 1.807) is 0 Å². The van der Waals surface area contributed by atoms with Gasteiger partial charge in [0.05, 0.1) is 26.4 Å². The monoisotopic (exact) mass is 1240 g/mol. The van der Waals surface area contributed by atoms with Crippen LogP contribution in [-0.4, -0.2) is 96.7 Å². The lowest BCUT2D eigenvalue weighted by molar-refractivity contribution is -0.161. The third-order valence-electron chi connectivity index (χ3n) is 15.0. The molecule has 0 aliphatic carbocycles. The first-order chi connectivity index (χ1) is 40.4. The van der Waals surface area contributed by atoms with Crippen LogP contribution in [0, 0.1) is 11.8 Å². The summed E-state index contributed by atoms with van der Waals surface area (Å²) < 4.78 is 68.0. The van der Waals surface area contributed by atoms with Crippen molar-refractivity contribution < 1.29 is 80.2 Å². The summed E-state index contributed by atoms with van der Waals surface area (Å²) in [6, 6.07) is 0. The number of ether oxygens (including phenoxy) is 4. The number of aliphatic hydroxyl groups is 1. The molecule has 0 fully saturated rings. The van der Waals surface area contributed by atoms with Crippen molar-refractivity contribution in [3.63, 3.8) is 0 Å². The number of hydrogen-bond acceptors (Lipinski definition) is 15. The highest BCUT2D eigenvalue weighted by Gasteiger charge is 2.30. The molecule has 84 heavy (non-hydrogen) atoms. The highest BCUT2D eigenvalue weighted by molar-refractivity contribution is 7.47. The Bertz CT molecular complexity index is 1650. The van der Waals surface area contributed by atoms with Gasteiger partial charge in [0.2, 0.25) is 0 Å². The first-order valence-electron chi connectivity index (χ1n) is 34.0. The number of esters is 4. The largest absolute Gasteiger partial charge is 0.472 e. The van der Waals surface area contributed by atoms with Crippen LogP contribution in [0.4, 0.5) is 0 Å². The molecule has 0 aromatic carbocycles. The van der Waals surface area contributed by atoms with Crippen molar-refractivity contribution in [2.24, 2.45) is 11.8 Å². The molecule has 0 amide bonds. The van der Waals surface area contributed by atoms with Crippen LogP contribution >= 0.6 is 15.6 Å². The van der Waals surface area contributed by atoms with Crippen molar-refractivity contribution in [3.8, 4) is 0 Å². The van der Waals surface area contributed by atoms with Gasteiger partial charge in [-0.25, -0.2) is 9.13 Å². The first-order valence-corrected chi connectivity index (χ1v) is 37.0. The van der Waals surface area contributed by atoms with Gasteiger partial charge in [-0.3, -0.25) is 37.3 Å². The molecule has 0 bridgehead atoms. The summed E-state index contributed by atoms with van der Waals surface area (Å²) in [6.45, 7) is 9.38. The Balaban J connectivity index is 5.23. The number of carbonyl (C=O) groups is 4. The zero-order valence-corrected chi connectivity index (χ0v) is 56.0. The molecule has 2 unspecified atom stereocenters. The van der Waals surface area contributed by atoms with Gasteiger partial charge >= 0.3 is 39.5 Å². The maximum Gasteiger partial charge on any atom is 0.472 e. The third-order valence-corrected chi connectivity index (χ3v) is 16.9. The molecule has 17 nitrogen and oxygen atoms in total. The maximum absolute atomic E-state index is 13.0. The molecular weight excluding hydrogens is 1110 g/mol. The van der Waals surface area contributed by atoms with Crippen LogP contribution in [0.2, 0.25) is 0 Å². The fraction of sp³-hybridized carbons (Fsp3) is 0.938. The molecule has 19 heteroatoms. The van der Waals surface area contributed by atoms with E-state index in [2.05, 4.69) is 41.5 Å². The second-order valence-electron chi connectivity index (χ2n) is 24.5. The molecule has 0 heterocycles. The SMILES string of the molecule is CCCCCCCCCCCCCCCCC(=O)O[C@H](COC(=O)CCCCCCCCCC(C)C)COP(=O)(O)OC[C@@H](O)COP(=O)(O)OC[C@@H](COC(=O)CCCCCCCCCCCC)OC(=O)CCCCCCCCCC(C)C. The van der Waals surface area contributed by atoms with E-state index in [-0.39, 0.29) is 25.7 Å². The maximum atomic E-state index is 13.0. The summed E-state index contributed by atoms with van der Waals surface area (Å²) in [5.41, 5.74) is 0. The van der Waals surface area contributed by atoms with Crippen LogP contribution in [-0.2, 0) is 65.4 Å². The van der Waals surface area contributed by atoms with Gasteiger partial charge in [-0.2, -0.15) is 0 Å². The lowest BCUT2D eigenvalue weighted by Gasteiger charge is -2.21. The molecule has 0 aliphatic rings. The number of phosphoric ester groups is 2. The summed E-state index contributed by atoms with van der Waals surface area (Å²) >= 11 is 0. The quantitative estimate of drug-likeness (QED) is 0.0222. The van der Waals surface area contributed by atoms with Crippen molar-refractivity contribution in [2.75, 3.05) is 39.6 Å². The predicted octanol–water partition coefficient (Wildman–Crippen LogP) is 18.0. The van der Waals surface area contributed by atoms with Crippen molar-refractivity contribution in [1.29, 1.82) is 0 Å². The van der Waals surface area contributed by atoms with Gasteiger partial charge in [-0.05, 0) is 37.5 Å². The minimum atomic E-state index is -4.94. The van der Waals surface area contributed by atoms with Gasteiger partial charge in [0.15, 0.2) is 12.2 Å². The molecular formula is C65H126O17P2. The second-order valence-corrected chi connectivity index (χ2v) is 27.4. The standard InChI is InChI=1S/C65H126O17P2/c1-7-9-11-13-15-17-19-20-21-22-24-30-37-43-49-64(69)81-60(54-76-63(68)48-42-36-31-25-27-33-39-45-57(3)4)55-79-83(71,72)77-51-59(66)52-78-84(73,74)80-56-61(82-65(70)50-44-38-32-26-28-34-40-46-58(5)6)53-75-62(67)47-41-35-29-23-18-16-14-12-10-8-2/h57-61,66H,7-56H2,1-6H3,(H,71,72)(H,73,74)/t59-,60-,61-/m1/s1. The molecule has 0 saturated carbocycles. The Hall–Kier alpha value is -1.94. The minimum absolute atomic E-state index is 0.103. The van der Waals surface area contributed by atoms with Crippen LogP contribution in [0.5, 0.6) is 0 Å². The Kier molecular flexibility index (Phi) is 56.2. The number of hydrogen-bond donors (Lipinski definition) is 3. The number of unbranched alkanes of at least 4 members (excludes halogenated alkanes) is 34. The molecule has 498 valence electrons. The highest BCUT2D eigenvalue weighted by Crippen LogP contribution is 2.45. The average Bonchev–Trinajstić information content (AvgIpc) is 3.51. The molecule has 0 rings (SSSR count). The van der Waals surface area contributed by atoms with E-state index >= 15 is 0 Å². The van der Waals surface area contributed by atoms with E-state index < -0.39 is 97.5 Å². The summed E-state index contributed by atoms with van der Waals surface area (Å²) in [6.07, 6.45) is 40.4. The topological polar surface area (TPSA) is 237 Å². The second kappa shape index (κ2) is 57.5. The van der Waals surface area contributed by atoms with Crippen LogP contribution in [0.1, 0.15) is 324 Å². The van der Waals surface area contributed by atoms with Crippen molar-refractivity contribution in [3.05, 3.63) is 0 Å². The first kappa shape index (κ1) is 82.1. The van der Waals surface area contributed by atoms with Gasteiger partial charge in [-0.15, -0.1) is 0 Å². The molecule has 0 spiro atoms. The van der Waals surface area contributed by atoms with Crippen molar-refractivity contribution in [1.82, 2.24) is 0 Å². The molecule has 0 saturated heterocycles. The molecule has 0 aromatic heterocycles. The smallest absolute Gasteiger partial charge is 0.462 e. The van der Waals surface area contributed by atoms with E-state index in [9.17, 15) is 43.2 Å². The lowest BCUT2D eigenvalue weighted by atomic mass is 10.0. The molecule has 3 N–H and O–H groups in total. The Morgan fingerprint density at radius 2 is 0.548 bits per heavy atom. The lowest BCUT2D eigenvalue weighted by Crippen LogP contribution is -2.30. The molecule has 0 radical (unpaired) electrons. The van der Waals surface area contributed by atoms with E-state index in [1.807, 2.05) is 0 Å². The summed E-state index contributed by atoms with van der Waals surface area (Å²) in [4.78, 5) is 72.2. The molecule has 0 aromatic rings. The Morgan fingerprint density at radius 3 is 0.810 bits per heavy atom. The fourth-order valence-corrected chi connectivity index (χ4v) is 11.3. The summed E-state index contributed by atoms with van der Waals surface area (Å²) in [7, 11) is -9.89. The van der Waals surface area contributed by atoms with E-state index in [0.29, 0.717) is 37.5 Å². The highest BCUT2D eigenvalue weighted by atomic mass is 31.2. The summed E-state index contributed by atoms with van der Waals surface area (Å²) in [5.74, 6) is -0.733. The van der Waals surface area contributed by atoms with Crippen LogP contribution in [0.3, 0.4) is 0 Å². The zero-order chi connectivity index (χ0) is 62.2. The van der Waals surface area contributed by atoms with E-state index in [1.165, 1.54) is 135 Å².